The summed E-state index contributed by atoms with van der Waals surface area (Å²) < 4.78 is 1.02. The molecule has 1 heterocycles. The van der Waals surface area contributed by atoms with Gasteiger partial charge in [-0.05, 0) is 71.8 Å². The van der Waals surface area contributed by atoms with Crippen molar-refractivity contribution in [3.05, 3.63) is 69.8 Å². The lowest BCUT2D eigenvalue weighted by Crippen LogP contribution is -2.59. The molecule has 0 spiro atoms. The minimum atomic E-state index is -0.359. The summed E-state index contributed by atoms with van der Waals surface area (Å²) in [7, 11) is 0. The minimum Gasteiger partial charge on any atom is -0.322 e. The number of benzene rings is 2. The van der Waals surface area contributed by atoms with E-state index in [9.17, 15) is 14.4 Å². The Morgan fingerprint density at radius 3 is 2.57 bits per heavy atom. The summed E-state index contributed by atoms with van der Waals surface area (Å²) >= 11 is 2.18. The van der Waals surface area contributed by atoms with Crippen LogP contribution in [0.3, 0.4) is 0 Å². The molecule has 0 radical (unpaired) electrons. The summed E-state index contributed by atoms with van der Waals surface area (Å²) in [5, 5.41) is 4.12. The number of anilines is 2. The number of fused-ring (bicyclic) bond motifs is 1. The summed E-state index contributed by atoms with van der Waals surface area (Å²) in [6, 6.07) is 14.2. The summed E-state index contributed by atoms with van der Waals surface area (Å²) in [6.45, 7) is 0. The molecule has 2 N–H and O–H groups in total. The Morgan fingerprint density at radius 2 is 1.79 bits per heavy atom. The van der Waals surface area contributed by atoms with Crippen molar-refractivity contribution in [3.8, 4) is 0 Å². The van der Waals surface area contributed by atoms with E-state index in [-0.39, 0.29) is 29.6 Å². The maximum Gasteiger partial charge on any atom is 0.255 e. The summed E-state index contributed by atoms with van der Waals surface area (Å²) in [4.78, 5) is 37.9. The fraction of sp³-hybridized carbons (Fsp3) is 0.190. The molecule has 7 heteroatoms. The van der Waals surface area contributed by atoms with Crippen LogP contribution in [0, 0.1) is 15.4 Å². The SMILES string of the molecule is O=C(Nc1cccc(I)c1)c1cccc(N2NC(=O)C3CC=CCC3C2=O)c1. The molecule has 28 heavy (non-hydrogen) atoms. The molecule has 2 aromatic carbocycles. The highest BCUT2D eigenvalue weighted by molar-refractivity contribution is 14.1. The number of nitrogens with one attached hydrogen (secondary N) is 2. The number of hydrazine groups is 1. The second-order valence-electron chi connectivity index (χ2n) is 6.82. The van der Waals surface area contributed by atoms with Crippen molar-refractivity contribution >= 4 is 51.7 Å². The molecule has 1 saturated heterocycles. The zero-order valence-electron chi connectivity index (χ0n) is 14.9. The van der Waals surface area contributed by atoms with Crippen LogP contribution in [-0.4, -0.2) is 17.7 Å². The number of carbonyl (C=O) groups is 3. The van der Waals surface area contributed by atoms with Gasteiger partial charge in [0, 0.05) is 14.8 Å². The zero-order valence-corrected chi connectivity index (χ0v) is 17.0. The van der Waals surface area contributed by atoms with Gasteiger partial charge >= 0.3 is 0 Å². The van der Waals surface area contributed by atoms with Crippen LogP contribution >= 0.6 is 22.6 Å². The van der Waals surface area contributed by atoms with Gasteiger partial charge < -0.3 is 5.32 Å². The molecule has 0 bridgehead atoms. The Labute approximate surface area is 176 Å². The average molecular weight is 487 g/mol. The highest BCUT2D eigenvalue weighted by atomic mass is 127. The molecular formula is C21H18IN3O3. The monoisotopic (exact) mass is 487 g/mol. The summed E-state index contributed by atoms with van der Waals surface area (Å²) in [5.41, 5.74) is 4.26. The van der Waals surface area contributed by atoms with Crippen molar-refractivity contribution in [1.29, 1.82) is 0 Å². The standard InChI is InChI=1S/C21H18IN3O3/c22-14-6-4-7-15(12-14)23-19(26)13-5-3-8-16(11-13)25-21(28)18-10-2-1-9-17(18)20(27)24-25/h1-8,11-12,17-18H,9-10H2,(H,23,26)(H,24,27). The van der Waals surface area contributed by atoms with E-state index in [1.165, 1.54) is 5.01 Å². The van der Waals surface area contributed by atoms with Crippen LogP contribution in [-0.2, 0) is 9.59 Å². The highest BCUT2D eigenvalue weighted by Gasteiger charge is 2.42. The van der Waals surface area contributed by atoms with E-state index in [1.807, 2.05) is 36.4 Å². The molecular weight excluding hydrogens is 469 g/mol. The maximum atomic E-state index is 12.9. The fourth-order valence-electron chi connectivity index (χ4n) is 3.54. The molecule has 4 rings (SSSR count). The van der Waals surface area contributed by atoms with Crippen molar-refractivity contribution in [2.45, 2.75) is 12.8 Å². The normalized spacial score (nSPS) is 21.1. The van der Waals surface area contributed by atoms with Crippen molar-refractivity contribution in [3.63, 3.8) is 0 Å². The molecule has 0 aromatic heterocycles. The molecule has 1 fully saturated rings. The third-order valence-corrected chi connectivity index (χ3v) is 5.65. The van der Waals surface area contributed by atoms with Gasteiger partial charge in [0.2, 0.25) is 11.8 Å². The van der Waals surface area contributed by atoms with Crippen LogP contribution in [0.25, 0.3) is 0 Å². The topological polar surface area (TPSA) is 78.5 Å². The van der Waals surface area contributed by atoms with Gasteiger partial charge in [-0.15, -0.1) is 0 Å². The first-order chi connectivity index (χ1) is 13.5. The third-order valence-electron chi connectivity index (χ3n) is 4.98. The number of hydrogen-bond acceptors (Lipinski definition) is 3. The van der Waals surface area contributed by atoms with Gasteiger partial charge in [-0.3, -0.25) is 19.8 Å². The van der Waals surface area contributed by atoms with Gasteiger partial charge in [0.05, 0.1) is 17.5 Å². The summed E-state index contributed by atoms with van der Waals surface area (Å²) in [5.74, 6) is -1.27. The number of carbonyl (C=O) groups excluding carboxylic acids is 3. The molecule has 1 aliphatic carbocycles. The molecule has 2 aromatic rings. The molecule has 2 atom stereocenters. The van der Waals surface area contributed by atoms with Gasteiger partial charge in [0.25, 0.3) is 5.91 Å². The molecule has 142 valence electrons. The number of allylic oxidation sites excluding steroid dienone is 2. The van der Waals surface area contributed by atoms with Crippen molar-refractivity contribution in [2.75, 3.05) is 10.3 Å². The number of hydrogen-bond donors (Lipinski definition) is 2. The Morgan fingerprint density at radius 1 is 1.04 bits per heavy atom. The van der Waals surface area contributed by atoms with Gasteiger partial charge in [-0.25, -0.2) is 5.01 Å². The van der Waals surface area contributed by atoms with Gasteiger partial charge in [-0.2, -0.15) is 0 Å². The molecule has 3 amide bonds. The number of nitrogens with zero attached hydrogens (tertiary/aromatic N) is 1. The van der Waals surface area contributed by atoms with Crippen molar-refractivity contribution in [2.24, 2.45) is 11.8 Å². The van der Waals surface area contributed by atoms with E-state index >= 15 is 0 Å². The molecule has 6 nitrogen and oxygen atoms in total. The Bertz CT molecular complexity index is 988. The Balaban J connectivity index is 1.56. The zero-order chi connectivity index (χ0) is 19.7. The highest BCUT2D eigenvalue weighted by Crippen LogP contribution is 2.32. The Kier molecular flexibility index (Phi) is 5.17. The molecule has 0 saturated carbocycles. The van der Waals surface area contributed by atoms with Crippen LogP contribution in [0.1, 0.15) is 23.2 Å². The Hall–Kier alpha value is -2.68. The number of halogens is 1. The lowest BCUT2D eigenvalue weighted by molar-refractivity contribution is -0.139. The average Bonchev–Trinajstić information content (AvgIpc) is 2.71. The number of rotatable bonds is 3. The molecule has 2 unspecified atom stereocenters. The van der Waals surface area contributed by atoms with Crippen LogP contribution in [0.4, 0.5) is 11.4 Å². The molecule has 2 aliphatic rings. The van der Waals surface area contributed by atoms with Gasteiger partial charge in [-0.1, -0.05) is 24.3 Å². The largest absolute Gasteiger partial charge is 0.322 e. The maximum absolute atomic E-state index is 12.9. The van der Waals surface area contributed by atoms with E-state index in [1.54, 1.807) is 24.3 Å². The first-order valence-corrected chi connectivity index (χ1v) is 10.1. The first-order valence-electron chi connectivity index (χ1n) is 8.99. The quantitative estimate of drug-likeness (QED) is 0.514. The smallest absolute Gasteiger partial charge is 0.255 e. The predicted molar refractivity (Wildman–Crippen MR) is 115 cm³/mol. The third kappa shape index (κ3) is 3.66. The van der Waals surface area contributed by atoms with Crippen LogP contribution in [0.2, 0.25) is 0 Å². The summed E-state index contributed by atoms with van der Waals surface area (Å²) in [6.07, 6.45) is 5.02. The number of amides is 3. The van der Waals surface area contributed by atoms with E-state index in [2.05, 4.69) is 33.3 Å². The van der Waals surface area contributed by atoms with Crippen LogP contribution in [0.5, 0.6) is 0 Å². The molecule has 1 aliphatic heterocycles. The second-order valence-corrected chi connectivity index (χ2v) is 8.07. The lowest BCUT2D eigenvalue weighted by atomic mass is 9.80. The van der Waals surface area contributed by atoms with E-state index in [0.29, 0.717) is 29.8 Å². The van der Waals surface area contributed by atoms with Crippen LogP contribution < -0.4 is 15.8 Å². The lowest BCUT2D eigenvalue weighted by Gasteiger charge is -2.38. The van der Waals surface area contributed by atoms with E-state index < -0.39 is 0 Å². The van der Waals surface area contributed by atoms with Crippen LogP contribution in [0.15, 0.2) is 60.7 Å². The second kappa shape index (κ2) is 7.75. The predicted octanol–water partition coefficient (Wildman–Crippen LogP) is 3.50. The first kappa shape index (κ1) is 18.7. The minimum absolute atomic E-state index is 0.149. The van der Waals surface area contributed by atoms with E-state index in [0.717, 1.165) is 3.57 Å². The van der Waals surface area contributed by atoms with Gasteiger partial charge in [0.15, 0.2) is 0 Å². The fourth-order valence-corrected chi connectivity index (χ4v) is 4.08. The van der Waals surface area contributed by atoms with E-state index in [4.69, 9.17) is 0 Å². The van der Waals surface area contributed by atoms with Crippen molar-refractivity contribution in [1.82, 2.24) is 5.43 Å². The van der Waals surface area contributed by atoms with Crippen molar-refractivity contribution < 1.29 is 14.4 Å². The van der Waals surface area contributed by atoms with Gasteiger partial charge in [0.1, 0.15) is 0 Å².